The number of nitrogens with one attached hydrogen (secondary N) is 1. The van der Waals surface area contributed by atoms with Gasteiger partial charge in [-0.15, -0.1) is 11.3 Å². The molecule has 0 aliphatic heterocycles. The molecule has 0 radical (unpaired) electrons. The van der Waals surface area contributed by atoms with Gasteiger partial charge in [0.25, 0.3) is 0 Å². The number of benzene rings is 2. The predicted octanol–water partition coefficient (Wildman–Crippen LogP) is 4.97. The number of halogens is 1. The lowest BCUT2D eigenvalue weighted by Gasteiger charge is -2.06. The second-order valence-electron chi connectivity index (χ2n) is 6.65. The average Bonchev–Trinajstić information content (AvgIpc) is 3.16. The summed E-state index contributed by atoms with van der Waals surface area (Å²) in [6, 6.07) is 11.8. The van der Waals surface area contributed by atoms with Crippen LogP contribution in [0.3, 0.4) is 0 Å². The van der Waals surface area contributed by atoms with E-state index < -0.39 is 9.84 Å². The Balaban J connectivity index is 1.54. The number of hydrogen-bond donors (Lipinski definition) is 1. The van der Waals surface area contributed by atoms with Crippen molar-refractivity contribution in [3.8, 4) is 17.0 Å². The lowest BCUT2D eigenvalue weighted by molar-refractivity contribution is -0.116. The molecule has 0 atom stereocenters. The molecular formula is C21H21ClN2O4S2. The summed E-state index contributed by atoms with van der Waals surface area (Å²) in [4.78, 5) is 16.8. The SMILES string of the molecule is COc1ccc(-c2csc(NC(=O)CCCS(=O)(=O)c3ccc(Cl)cc3)n2)cc1C. The molecule has 0 saturated heterocycles. The van der Waals surface area contributed by atoms with E-state index in [1.54, 1.807) is 7.11 Å². The molecule has 3 rings (SSSR count). The standard InChI is InChI=1S/C21H21ClN2O4S2/c1-14-12-15(5-10-19(14)28-2)18-13-29-21(23-18)24-20(25)4-3-11-30(26,27)17-8-6-16(22)7-9-17/h5-10,12-13H,3-4,11H2,1-2H3,(H,23,24,25). The van der Waals surface area contributed by atoms with Crippen molar-refractivity contribution in [2.45, 2.75) is 24.7 Å². The van der Waals surface area contributed by atoms with Gasteiger partial charge in [0, 0.05) is 22.4 Å². The topological polar surface area (TPSA) is 85.4 Å². The molecule has 3 aromatic rings. The summed E-state index contributed by atoms with van der Waals surface area (Å²) in [5.74, 6) is 0.417. The molecule has 0 aliphatic rings. The van der Waals surface area contributed by atoms with Gasteiger partial charge in [0.1, 0.15) is 5.75 Å². The summed E-state index contributed by atoms with van der Waals surface area (Å²) in [6.45, 7) is 1.95. The Labute approximate surface area is 184 Å². The lowest BCUT2D eigenvalue weighted by atomic mass is 10.1. The smallest absolute Gasteiger partial charge is 0.226 e. The zero-order chi connectivity index (χ0) is 21.7. The molecule has 2 aromatic carbocycles. The van der Waals surface area contributed by atoms with Gasteiger partial charge in [0.05, 0.1) is 23.5 Å². The second kappa shape index (κ2) is 9.59. The van der Waals surface area contributed by atoms with E-state index in [2.05, 4.69) is 10.3 Å². The molecule has 9 heteroatoms. The van der Waals surface area contributed by atoms with Crippen LogP contribution in [0.5, 0.6) is 5.75 Å². The van der Waals surface area contributed by atoms with Crippen LogP contribution in [0.15, 0.2) is 52.7 Å². The molecule has 30 heavy (non-hydrogen) atoms. The highest BCUT2D eigenvalue weighted by Crippen LogP contribution is 2.29. The van der Waals surface area contributed by atoms with E-state index in [4.69, 9.17) is 16.3 Å². The van der Waals surface area contributed by atoms with Gasteiger partial charge in [0.2, 0.25) is 5.91 Å². The van der Waals surface area contributed by atoms with Crippen LogP contribution in [-0.4, -0.2) is 32.2 Å². The number of anilines is 1. The van der Waals surface area contributed by atoms with Crippen LogP contribution in [-0.2, 0) is 14.6 Å². The Morgan fingerprint density at radius 2 is 1.93 bits per heavy atom. The van der Waals surface area contributed by atoms with Crippen LogP contribution >= 0.6 is 22.9 Å². The Morgan fingerprint density at radius 1 is 1.20 bits per heavy atom. The maximum absolute atomic E-state index is 12.3. The van der Waals surface area contributed by atoms with Gasteiger partial charge >= 0.3 is 0 Å². The number of carbonyl (C=O) groups is 1. The summed E-state index contributed by atoms with van der Waals surface area (Å²) in [5, 5.41) is 5.55. The Kier molecular flexibility index (Phi) is 7.12. The molecule has 6 nitrogen and oxygen atoms in total. The van der Waals surface area contributed by atoms with Crippen LogP contribution in [0.25, 0.3) is 11.3 Å². The molecule has 1 amide bonds. The Bertz CT molecular complexity index is 1140. The number of sulfone groups is 1. The summed E-state index contributed by atoms with van der Waals surface area (Å²) >= 11 is 7.11. The van der Waals surface area contributed by atoms with E-state index in [0.29, 0.717) is 10.2 Å². The van der Waals surface area contributed by atoms with Crippen molar-refractivity contribution in [1.29, 1.82) is 0 Å². The summed E-state index contributed by atoms with van der Waals surface area (Å²) in [5.41, 5.74) is 2.68. The highest BCUT2D eigenvalue weighted by Gasteiger charge is 2.16. The van der Waals surface area contributed by atoms with Gasteiger partial charge < -0.3 is 10.1 Å². The fourth-order valence-corrected chi connectivity index (χ4v) is 5.04. The molecule has 0 spiro atoms. The number of hydrogen-bond acceptors (Lipinski definition) is 6. The quantitative estimate of drug-likeness (QED) is 0.508. The minimum Gasteiger partial charge on any atom is -0.496 e. The predicted molar refractivity (Wildman–Crippen MR) is 120 cm³/mol. The molecule has 1 aromatic heterocycles. The van der Waals surface area contributed by atoms with Crippen LogP contribution in [0, 0.1) is 6.92 Å². The van der Waals surface area contributed by atoms with Gasteiger partial charge in [-0.1, -0.05) is 11.6 Å². The number of methoxy groups -OCH3 is 1. The van der Waals surface area contributed by atoms with Crippen molar-refractivity contribution in [3.05, 3.63) is 58.4 Å². The first-order valence-electron chi connectivity index (χ1n) is 9.17. The van der Waals surface area contributed by atoms with E-state index in [1.165, 1.54) is 35.6 Å². The fourth-order valence-electron chi connectivity index (χ4n) is 2.87. The van der Waals surface area contributed by atoms with E-state index in [-0.39, 0.29) is 29.4 Å². The first-order chi connectivity index (χ1) is 14.3. The van der Waals surface area contributed by atoms with E-state index >= 15 is 0 Å². The Hall–Kier alpha value is -2.42. The van der Waals surface area contributed by atoms with Gasteiger partial charge in [-0.25, -0.2) is 13.4 Å². The summed E-state index contributed by atoms with van der Waals surface area (Å²) in [7, 11) is -1.83. The van der Waals surface area contributed by atoms with Crippen molar-refractivity contribution in [2.24, 2.45) is 0 Å². The largest absolute Gasteiger partial charge is 0.496 e. The molecule has 1 heterocycles. The van der Waals surface area contributed by atoms with Crippen molar-refractivity contribution >= 4 is 43.8 Å². The monoisotopic (exact) mass is 464 g/mol. The minimum atomic E-state index is -3.45. The van der Waals surface area contributed by atoms with Gasteiger partial charge in [0.15, 0.2) is 15.0 Å². The van der Waals surface area contributed by atoms with Crippen LogP contribution < -0.4 is 10.1 Å². The van der Waals surface area contributed by atoms with Gasteiger partial charge in [-0.2, -0.15) is 0 Å². The number of thiazole rings is 1. The minimum absolute atomic E-state index is 0.0867. The molecule has 0 bridgehead atoms. The van der Waals surface area contributed by atoms with Gasteiger partial charge in [-0.05, 0) is 61.4 Å². The van der Waals surface area contributed by atoms with Crippen molar-refractivity contribution in [1.82, 2.24) is 4.98 Å². The van der Waals surface area contributed by atoms with Crippen LogP contribution in [0.2, 0.25) is 5.02 Å². The number of nitrogens with zero attached hydrogens (tertiary/aromatic N) is 1. The highest BCUT2D eigenvalue weighted by molar-refractivity contribution is 7.91. The molecule has 0 saturated carbocycles. The zero-order valence-corrected chi connectivity index (χ0v) is 18.9. The van der Waals surface area contributed by atoms with Crippen LogP contribution in [0.4, 0.5) is 5.13 Å². The van der Waals surface area contributed by atoms with E-state index in [9.17, 15) is 13.2 Å². The normalized spacial score (nSPS) is 11.3. The van der Waals surface area contributed by atoms with Crippen molar-refractivity contribution < 1.29 is 17.9 Å². The number of amides is 1. The summed E-state index contributed by atoms with van der Waals surface area (Å²) in [6.07, 6.45) is 0.302. The van der Waals surface area contributed by atoms with Crippen molar-refractivity contribution in [3.63, 3.8) is 0 Å². The van der Waals surface area contributed by atoms with Crippen molar-refractivity contribution in [2.75, 3.05) is 18.2 Å². The molecule has 1 N–H and O–H groups in total. The fraction of sp³-hybridized carbons (Fsp3) is 0.238. The first-order valence-corrected chi connectivity index (χ1v) is 12.1. The maximum Gasteiger partial charge on any atom is 0.226 e. The number of carbonyl (C=O) groups excluding carboxylic acids is 1. The van der Waals surface area contributed by atoms with Gasteiger partial charge in [-0.3, -0.25) is 4.79 Å². The molecule has 0 fully saturated rings. The molecule has 158 valence electrons. The molecule has 0 aliphatic carbocycles. The number of rotatable bonds is 8. The Morgan fingerprint density at radius 3 is 2.60 bits per heavy atom. The third kappa shape index (κ3) is 5.59. The number of ether oxygens (including phenoxy) is 1. The highest BCUT2D eigenvalue weighted by atomic mass is 35.5. The van der Waals surface area contributed by atoms with E-state index in [1.807, 2.05) is 30.5 Å². The average molecular weight is 465 g/mol. The molecular weight excluding hydrogens is 444 g/mol. The van der Waals surface area contributed by atoms with E-state index in [0.717, 1.165) is 22.6 Å². The third-order valence-electron chi connectivity index (χ3n) is 4.43. The summed E-state index contributed by atoms with van der Waals surface area (Å²) < 4.78 is 29.9. The second-order valence-corrected chi connectivity index (χ2v) is 10.1. The third-order valence-corrected chi connectivity index (χ3v) is 7.26. The zero-order valence-electron chi connectivity index (χ0n) is 16.5. The molecule has 0 unspecified atom stereocenters. The number of aromatic nitrogens is 1. The lowest BCUT2D eigenvalue weighted by Crippen LogP contribution is -2.14. The first kappa shape index (κ1) is 22.3. The maximum atomic E-state index is 12.3. The number of aryl methyl sites for hydroxylation is 1. The van der Waals surface area contributed by atoms with Crippen LogP contribution in [0.1, 0.15) is 18.4 Å².